The minimum atomic E-state index is -1.65. The summed E-state index contributed by atoms with van der Waals surface area (Å²) in [7, 11) is -3.26. The fourth-order valence-corrected chi connectivity index (χ4v) is 14.4. The fraction of sp³-hybridized carbons (Fsp3) is 0.968. The molecule has 0 spiro atoms. The highest BCUT2D eigenvalue weighted by Gasteiger charge is 2.55. The summed E-state index contributed by atoms with van der Waals surface area (Å²) in [5, 5.41) is 10.3. The van der Waals surface area contributed by atoms with Crippen LogP contribution in [0.2, 0.25) is 36.3 Å². The molecule has 36 heavy (non-hydrogen) atoms. The Labute approximate surface area is 227 Å². The van der Waals surface area contributed by atoms with Gasteiger partial charge >= 0.3 is 0 Å². The second kappa shape index (κ2) is 13.3. The van der Waals surface area contributed by atoms with Gasteiger partial charge in [-0.1, -0.05) is 61.8 Å². The summed E-state index contributed by atoms with van der Waals surface area (Å²) in [4.78, 5) is 0. The molecule has 0 saturated heterocycles. The Morgan fingerprint density at radius 1 is 0.917 bits per heavy atom. The molecule has 0 aromatic carbocycles. The molecule has 1 unspecified atom stereocenters. The summed E-state index contributed by atoms with van der Waals surface area (Å²) in [6, 6.07) is 10.1. The SMILES string of the molecule is CC[Si](CC)(CC)O[C@H]1CCC[C@]2(C)[C@@H]([C@@H](C)C(C#N)CCC(C)(C)O[Si](CC)(CC)CC)CC[C@@H]12. The van der Waals surface area contributed by atoms with E-state index in [1.807, 2.05) is 0 Å². The lowest BCUT2D eigenvalue weighted by Gasteiger charge is -2.49. The van der Waals surface area contributed by atoms with Gasteiger partial charge < -0.3 is 8.85 Å². The van der Waals surface area contributed by atoms with E-state index in [0.717, 1.165) is 12.8 Å². The summed E-state index contributed by atoms with van der Waals surface area (Å²) in [6.07, 6.45) is 8.83. The highest BCUT2D eigenvalue weighted by atomic mass is 28.4. The number of hydrogen-bond acceptors (Lipinski definition) is 3. The van der Waals surface area contributed by atoms with Crippen molar-refractivity contribution in [3.63, 3.8) is 0 Å². The van der Waals surface area contributed by atoms with Gasteiger partial charge in [-0.3, -0.25) is 0 Å². The van der Waals surface area contributed by atoms with Crippen molar-refractivity contribution >= 4 is 16.6 Å². The Morgan fingerprint density at radius 3 is 1.97 bits per heavy atom. The Bertz CT molecular complexity index is 695. The first kappa shape index (κ1) is 32.1. The summed E-state index contributed by atoms with van der Waals surface area (Å²) in [5.74, 6) is 1.88. The maximum absolute atomic E-state index is 10.3. The van der Waals surface area contributed by atoms with E-state index in [9.17, 15) is 5.26 Å². The largest absolute Gasteiger partial charge is 0.414 e. The average Bonchev–Trinajstić information content (AvgIpc) is 3.24. The lowest BCUT2D eigenvalue weighted by atomic mass is 9.60. The zero-order chi connectivity index (χ0) is 27.2. The van der Waals surface area contributed by atoms with E-state index in [1.165, 1.54) is 68.4 Å². The van der Waals surface area contributed by atoms with Crippen molar-refractivity contribution in [3.8, 4) is 6.07 Å². The van der Waals surface area contributed by atoms with Crippen molar-refractivity contribution in [2.45, 2.75) is 162 Å². The molecule has 2 aliphatic rings. The van der Waals surface area contributed by atoms with E-state index in [4.69, 9.17) is 8.85 Å². The summed E-state index contributed by atoms with van der Waals surface area (Å²) >= 11 is 0. The molecule has 2 fully saturated rings. The van der Waals surface area contributed by atoms with E-state index in [2.05, 4.69) is 75.3 Å². The highest BCUT2D eigenvalue weighted by Crippen LogP contribution is 2.60. The average molecular weight is 536 g/mol. The summed E-state index contributed by atoms with van der Waals surface area (Å²) in [6.45, 7) is 23.5. The molecule has 0 radical (unpaired) electrons. The zero-order valence-corrected chi connectivity index (χ0v) is 27.8. The molecule has 5 heteroatoms. The zero-order valence-electron chi connectivity index (χ0n) is 25.8. The van der Waals surface area contributed by atoms with Gasteiger partial charge in [-0.15, -0.1) is 0 Å². The van der Waals surface area contributed by atoms with Gasteiger partial charge in [-0.05, 0) is 112 Å². The van der Waals surface area contributed by atoms with Crippen LogP contribution in [0.3, 0.4) is 0 Å². The molecule has 0 aromatic rings. The van der Waals surface area contributed by atoms with Crippen LogP contribution in [0.5, 0.6) is 0 Å². The van der Waals surface area contributed by atoms with E-state index in [-0.39, 0.29) is 11.5 Å². The standard InChI is InChI=1S/C31H61NO2Si2/c1-11-35(12-2,13-3)33-29-18-17-22-31(10)27(19-20-28(29)31)25(7)26(24-32)21-23-30(8,9)34-36(14-4,15-5)16-6/h25-29H,11-23H2,1-10H3/t25-,26?,27+,28-,29-,31+/m0/s1. The third-order valence-corrected chi connectivity index (χ3v) is 20.9. The molecule has 2 rings (SSSR count). The smallest absolute Gasteiger partial charge is 0.192 e. The fourth-order valence-electron chi connectivity index (χ4n) is 8.32. The van der Waals surface area contributed by atoms with Crippen molar-refractivity contribution in [2.24, 2.45) is 29.1 Å². The first-order chi connectivity index (χ1) is 16.9. The molecule has 3 nitrogen and oxygen atoms in total. The van der Waals surface area contributed by atoms with Gasteiger partial charge in [0.2, 0.25) is 0 Å². The van der Waals surface area contributed by atoms with E-state index >= 15 is 0 Å². The van der Waals surface area contributed by atoms with Gasteiger partial charge in [0, 0.05) is 12.0 Å². The Kier molecular flexibility index (Phi) is 11.8. The van der Waals surface area contributed by atoms with Crippen LogP contribution in [0, 0.1) is 40.4 Å². The minimum Gasteiger partial charge on any atom is -0.414 e. The van der Waals surface area contributed by atoms with Crippen molar-refractivity contribution < 1.29 is 8.85 Å². The predicted octanol–water partition coefficient (Wildman–Crippen LogP) is 9.95. The molecule has 0 amide bonds. The third kappa shape index (κ3) is 6.88. The van der Waals surface area contributed by atoms with Crippen molar-refractivity contribution in [1.82, 2.24) is 0 Å². The van der Waals surface area contributed by atoms with Crippen LogP contribution in [0.4, 0.5) is 0 Å². The Balaban J connectivity index is 2.12. The number of nitrogens with zero attached hydrogens (tertiary/aromatic N) is 1. The predicted molar refractivity (Wildman–Crippen MR) is 160 cm³/mol. The second-order valence-corrected chi connectivity index (χ2v) is 22.7. The lowest BCUT2D eigenvalue weighted by Crippen LogP contribution is -2.49. The first-order valence-corrected chi connectivity index (χ1v) is 20.8. The second-order valence-electron chi connectivity index (χ2n) is 13.3. The van der Waals surface area contributed by atoms with Crippen molar-refractivity contribution in [3.05, 3.63) is 0 Å². The van der Waals surface area contributed by atoms with Crippen LogP contribution >= 0.6 is 0 Å². The number of fused-ring (bicyclic) bond motifs is 1. The monoisotopic (exact) mass is 535 g/mol. The van der Waals surface area contributed by atoms with Gasteiger partial charge in [0.1, 0.15) is 0 Å². The van der Waals surface area contributed by atoms with E-state index < -0.39 is 16.6 Å². The van der Waals surface area contributed by atoms with Gasteiger partial charge in [0.05, 0.1) is 11.7 Å². The topological polar surface area (TPSA) is 42.2 Å². The van der Waals surface area contributed by atoms with Crippen LogP contribution in [-0.2, 0) is 8.85 Å². The van der Waals surface area contributed by atoms with Crippen molar-refractivity contribution in [2.75, 3.05) is 0 Å². The molecule has 0 heterocycles. The molecule has 2 aliphatic carbocycles. The maximum atomic E-state index is 10.3. The van der Waals surface area contributed by atoms with Gasteiger partial charge in [-0.25, -0.2) is 0 Å². The third-order valence-electron chi connectivity index (χ3n) is 11.4. The van der Waals surface area contributed by atoms with Crippen LogP contribution in [0.25, 0.3) is 0 Å². The maximum Gasteiger partial charge on any atom is 0.192 e. The molecule has 210 valence electrons. The number of nitriles is 1. The molecule has 0 aliphatic heterocycles. The normalized spacial score (nSPS) is 29.0. The van der Waals surface area contributed by atoms with Crippen LogP contribution < -0.4 is 0 Å². The van der Waals surface area contributed by atoms with Crippen molar-refractivity contribution in [1.29, 1.82) is 5.26 Å². The van der Waals surface area contributed by atoms with Gasteiger partial charge in [0.15, 0.2) is 16.6 Å². The Hall–Kier alpha value is -0.156. The molecule has 0 N–H and O–H groups in total. The number of hydrogen-bond donors (Lipinski definition) is 0. The molecule has 0 aromatic heterocycles. The summed E-state index contributed by atoms with van der Waals surface area (Å²) in [5.41, 5.74) is 0.191. The van der Waals surface area contributed by atoms with Crippen LogP contribution in [0.1, 0.15) is 114 Å². The Morgan fingerprint density at radius 2 is 1.47 bits per heavy atom. The van der Waals surface area contributed by atoms with Crippen LogP contribution in [-0.4, -0.2) is 28.3 Å². The molecular formula is C31H61NO2Si2. The molecular weight excluding hydrogens is 475 g/mol. The van der Waals surface area contributed by atoms with Gasteiger partial charge in [0.25, 0.3) is 0 Å². The van der Waals surface area contributed by atoms with E-state index in [1.54, 1.807) is 0 Å². The van der Waals surface area contributed by atoms with E-state index in [0.29, 0.717) is 29.3 Å². The van der Waals surface area contributed by atoms with Crippen LogP contribution in [0.15, 0.2) is 0 Å². The minimum absolute atomic E-state index is 0.117. The highest BCUT2D eigenvalue weighted by molar-refractivity contribution is 6.74. The molecule has 6 atom stereocenters. The molecule has 0 bridgehead atoms. The lowest BCUT2D eigenvalue weighted by molar-refractivity contribution is -0.0245. The first-order valence-electron chi connectivity index (χ1n) is 15.7. The molecule has 2 saturated carbocycles. The summed E-state index contributed by atoms with van der Waals surface area (Å²) < 4.78 is 14.0. The number of rotatable bonds is 15. The quantitative estimate of drug-likeness (QED) is 0.196. The van der Waals surface area contributed by atoms with Gasteiger partial charge in [-0.2, -0.15) is 5.26 Å².